The topological polar surface area (TPSA) is 87.5 Å². The molecular formula is C20H30N4O3. The van der Waals surface area contributed by atoms with Gasteiger partial charge in [-0.1, -0.05) is 19.8 Å². The number of amides is 1. The lowest BCUT2D eigenvalue weighted by Gasteiger charge is -2.45. The van der Waals surface area contributed by atoms with Gasteiger partial charge in [0, 0.05) is 29.8 Å². The number of hydrogen-bond donors (Lipinski definition) is 2. The first-order valence-electron chi connectivity index (χ1n) is 9.81. The summed E-state index contributed by atoms with van der Waals surface area (Å²) in [4.78, 5) is 25.9. The fraction of sp³-hybridized carbons (Fsp3) is 0.650. The first kappa shape index (κ1) is 19.6. The molecule has 0 saturated heterocycles. The number of nitrogens with one attached hydrogen (secondary N) is 2. The van der Waals surface area contributed by atoms with Crippen LogP contribution in [0.3, 0.4) is 0 Å². The molecule has 0 aliphatic heterocycles. The van der Waals surface area contributed by atoms with E-state index in [1.54, 1.807) is 12.1 Å². The number of hydrogen-bond acceptors (Lipinski definition) is 5. The van der Waals surface area contributed by atoms with Gasteiger partial charge >= 0.3 is 0 Å². The van der Waals surface area contributed by atoms with E-state index in [9.17, 15) is 14.9 Å². The maximum absolute atomic E-state index is 12.7. The summed E-state index contributed by atoms with van der Waals surface area (Å²) in [5.41, 5.74) is 0.737. The molecule has 1 aromatic carbocycles. The summed E-state index contributed by atoms with van der Waals surface area (Å²) < 4.78 is 0. The average molecular weight is 374 g/mol. The molecule has 2 atom stereocenters. The van der Waals surface area contributed by atoms with Gasteiger partial charge in [0.15, 0.2) is 0 Å². The van der Waals surface area contributed by atoms with Crippen molar-refractivity contribution in [1.29, 1.82) is 0 Å². The van der Waals surface area contributed by atoms with Crippen molar-refractivity contribution in [2.45, 2.75) is 57.0 Å². The Morgan fingerprint density at radius 1 is 1.33 bits per heavy atom. The van der Waals surface area contributed by atoms with Gasteiger partial charge in [0.25, 0.3) is 11.6 Å². The highest BCUT2D eigenvalue weighted by molar-refractivity contribution is 5.95. The molecule has 0 unspecified atom stereocenters. The van der Waals surface area contributed by atoms with Crippen molar-refractivity contribution >= 4 is 17.3 Å². The second-order valence-corrected chi connectivity index (χ2v) is 8.41. The van der Waals surface area contributed by atoms with Crippen molar-refractivity contribution in [3.63, 3.8) is 0 Å². The highest BCUT2D eigenvalue weighted by Crippen LogP contribution is 2.35. The van der Waals surface area contributed by atoms with E-state index >= 15 is 0 Å². The van der Waals surface area contributed by atoms with Crippen LogP contribution in [0.4, 0.5) is 11.4 Å². The molecule has 148 valence electrons. The predicted molar refractivity (Wildman–Crippen MR) is 106 cm³/mol. The molecule has 0 spiro atoms. The minimum absolute atomic E-state index is 0.0387. The first-order chi connectivity index (χ1) is 12.8. The molecule has 2 fully saturated rings. The van der Waals surface area contributed by atoms with Crippen LogP contribution < -0.4 is 10.6 Å². The number of carbonyl (C=O) groups is 1. The number of carbonyl (C=O) groups excluding carboxylic acids is 1. The van der Waals surface area contributed by atoms with Crippen LogP contribution in [0.15, 0.2) is 18.2 Å². The number of nitro benzene ring substituents is 1. The lowest BCUT2D eigenvalue weighted by atomic mass is 9.75. The molecule has 2 saturated carbocycles. The van der Waals surface area contributed by atoms with Gasteiger partial charge in [0.1, 0.15) is 5.69 Å². The third-order valence-electron chi connectivity index (χ3n) is 5.99. The second kappa shape index (κ2) is 7.84. The monoisotopic (exact) mass is 374 g/mol. The minimum Gasteiger partial charge on any atom is -0.377 e. The van der Waals surface area contributed by atoms with Crippen molar-refractivity contribution in [3.8, 4) is 0 Å². The van der Waals surface area contributed by atoms with Gasteiger partial charge in [-0.05, 0) is 57.8 Å². The van der Waals surface area contributed by atoms with Crippen molar-refractivity contribution in [2.24, 2.45) is 5.92 Å². The van der Waals surface area contributed by atoms with Gasteiger partial charge in [-0.2, -0.15) is 0 Å². The summed E-state index contributed by atoms with van der Waals surface area (Å²) in [6.07, 6.45) is 6.54. The maximum atomic E-state index is 12.7. The zero-order valence-corrected chi connectivity index (χ0v) is 16.5. The number of nitro groups is 1. The summed E-state index contributed by atoms with van der Waals surface area (Å²) in [6, 6.07) is 5.01. The number of rotatable bonds is 7. The van der Waals surface area contributed by atoms with Crippen LogP contribution in [0.25, 0.3) is 0 Å². The Labute approximate surface area is 160 Å². The Bertz CT molecular complexity index is 717. The van der Waals surface area contributed by atoms with E-state index in [0.717, 1.165) is 32.1 Å². The molecular weight excluding hydrogens is 344 g/mol. The Morgan fingerprint density at radius 3 is 2.67 bits per heavy atom. The summed E-state index contributed by atoms with van der Waals surface area (Å²) in [6.45, 7) is 2.81. The van der Waals surface area contributed by atoms with E-state index < -0.39 is 4.92 Å². The van der Waals surface area contributed by atoms with Crippen LogP contribution in [0.2, 0.25) is 0 Å². The van der Waals surface area contributed by atoms with Crippen molar-refractivity contribution < 1.29 is 9.72 Å². The zero-order valence-electron chi connectivity index (χ0n) is 16.5. The van der Waals surface area contributed by atoms with Gasteiger partial charge in [-0.25, -0.2) is 0 Å². The van der Waals surface area contributed by atoms with Gasteiger partial charge < -0.3 is 15.5 Å². The summed E-state index contributed by atoms with van der Waals surface area (Å²) in [5.74, 6) is 0.377. The van der Waals surface area contributed by atoms with E-state index in [1.165, 1.54) is 12.5 Å². The van der Waals surface area contributed by atoms with Crippen LogP contribution in [-0.4, -0.2) is 48.0 Å². The Kier molecular flexibility index (Phi) is 5.69. The number of benzene rings is 1. The highest BCUT2D eigenvalue weighted by Gasteiger charge is 2.37. The number of anilines is 1. The van der Waals surface area contributed by atoms with E-state index in [0.29, 0.717) is 29.8 Å². The molecule has 1 amide bonds. The molecule has 27 heavy (non-hydrogen) atoms. The normalized spacial score (nSPS) is 25.3. The molecule has 0 radical (unpaired) electrons. The third kappa shape index (κ3) is 4.58. The Balaban J connectivity index is 1.71. The van der Waals surface area contributed by atoms with Crippen LogP contribution in [0.1, 0.15) is 55.8 Å². The van der Waals surface area contributed by atoms with Gasteiger partial charge in [0.05, 0.1) is 4.92 Å². The smallest absolute Gasteiger partial charge is 0.293 e. The molecule has 0 aromatic heterocycles. The van der Waals surface area contributed by atoms with Gasteiger partial charge in [-0.15, -0.1) is 0 Å². The van der Waals surface area contributed by atoms with Crippen LogP contribution in [0.5, 0.6) is 0 Å². The van der Waals surface area contributed by atoms with E-state index in [4.69, 9.17) is 0 Å². The second-order valence-electron chi connectivity index (χ2n) is 8.41. The average Bonchev–Trinajstić information content (AvgIpc) is 3.43. The SMILES string of the molecule is C[C@H]1CCC[C@](CNC(=O)c2ccc(NC3CC3)c([N+](=O)[O-])c2)(N(C)C)C1. The summed E-state index contributed by atoms with van der Waals surface area (Å²) in [7, 11) is 4.13. The molecule has 2 aliphatic carbocycles. The van der Waals surface area contributed by atoms with Crippen LogP contribution >= 0.6 is 0 Å². The first-order valence-corrected chi connectivity index (χ1v) is 9.81. The highest BCUT2D eigenvalue weighted by atomic mass is 16.6. The van der Waals surface area contributed by atoms with Crippen LogP contribution in [-0.2, 0) is 0 Å². The van der Waals surface area contributed by atoms with E-state index in [-0.39, 0.29) is 17.1 Å². The van der Waals surface area contributed by atoms with E-state index in [1.807, 2.05) is 0 Å². The quantitative estimate of drug-likeness (QED) is 0.564. The lowest BCUT2D eigenvalue weighted by Crippen LogP contribution is -2.55. The molecule has 7 nitrogen and oxygen atoms in total. The van der Waals surface area contributed by atoms with Crippen molar-refractivity contribution in [3.05, 3.63) is 33.9 Å². The maximum Gasteiger partial charge on any atom is 0.293 e. The fourth-order valence-corrected chi connectivity index (χ4v) is 4.10. The Hall–Kier alpha value is -2.15. The minimum atomic E-state index is -0.425. The zero-order chi connectivity index (χ0) is 19.6. The molecule has 3 rings (SSSR count). The summed E-state index contributed by atoms with van der Waals surface area (Å²) >= 11 is 0. The fourth-order valence-electron chi connectivity index (χ4n) is 4.10. The molecule has 2 aliphatic rings. The Morgan fingerprint density at radius 2 is 2.07 bits per heavy atom. The van der Waals surface area contributed by atoms with Crippen molar-refractivity contribution in [1.82, 2.24) is 10.2 Å². The molecule has 1 aromatic rings. The standard InChI is InChI=1S/C20H30N4O3/c1-14-5-4-10-20(12-14,23(2)3)13-21-19(25)15-6-9-17(22-16-7-8-16)18(11-15)24(26)27/h6,9,11,14,16,22H,4-5,7-8,10,12-13H2,1-3H3,(H,21,25)/t14-,20-/m0/s1. The predicted octanol–water partition coefficient (Wildman–Crippen LogP) is 3.41. The molecule has 7 heteroatoms. The molecule has 2 N–H and O–H groups in total. The third-order valence-corrected chi connectivity index (χ3v) is 5.99. The van der Waals surface area contributed by atoms with Gasteiger partial charge in [0.2, 0.25) is 0 Å². The molecule has 0 heterocycles. The number of likely N-dealkylation sites (N-methyl/N-ethyl adjacent to an activating group) is 1. The summed E-state index contributed by atoms with van der Waals surface area (Å²) in [5, 5.41) is 17.6. The number of nitrogens with zero attached hydrogens (tertiary/aromatic N) is 2. The van der Waals surface area contributed by atoms with Crippen molar-refractivity contribution in [2.75, 3.05) is 26.0 Å². The van der Waals surface area contributed by atoms with E-state index in [2.05, 4.69) is 36.6 Å². The molecule has 0 bridgehead atoms. The lowest BCUT2D eigenvalue weighted by molar-refractivity contribution is -0.384. The van der Waals surface area contributed by atoms with Crippen LogP contribution in [0, 0.1) is 16.0 Å². The van der Waals surface area contributed by atoms with Gasteiger partial charge in [-0.3, -0.25) is 14.9 Å². The largest absolute Gasteiger partial charge is 0.377 e.